The molecule has 0 atom stereocenters. The van der Waals surface area contributed by atoms with Crippen LogP contribution in [0, 0.1) is 5.21 Å². The molecule has 0 fully saturated rings. The normalized spacial score (nSPS) is 10.4. The third-order valence-corrected chi connectivity index (χ3v) is 1.83. The van der Waals surface area contributed by atoms with Crippen LogP contribution in [0.15, 0.2) is 24.3 Å². The van der Waals surface area contributed by atoms with Crippen LogP contribution >= 0.6 is 0 Å². The van der Waals surface area contributed by atoms with Gasteiger partial charge in [0.15, 0.2) is 0 Å². The Morgan fingerprint density at radius 2 is 2.21 bits per heavy atom. The highest BCUT2D eigenvalue weighted by Gasteiger charge is 2.08. The lowest BCUT2D eigenvalue weighted by Gasteiger charge is -2.01. The van der Waals surface area contributed by atoms with Gasteiger partial charge in [0.1, 0.15) is 5.52 Å². The molecule has 0 saturated carbocycles. The van der Waals surface area contributed by atoms with Crippen LogP contribution in [0.4, 0.5) is 5.95 Å². The molecule has 72 valence electrons. The van der Waals surface area contributed by atoms with E-state index in [9.17, 15) is 5.21 Å². The second kappa shape index (κ2) is 3.45. The summed E-state index contributed by atoms with van der Waals surface area (Å²) in [5, 5.41) is 18.0. The van der Waals surface area contributed by atoms with E-state index in [2.05, 4.69) is 15.4 Å². The van der Waals surface area contributed by atoms with Crippen molar-refractivity contribution < 1.29 is 4.85 Å². The third-order valence-electron chi connectivity index (χ3n) is 1.83. The summed E-state index contributed by atoms with van der Waals surface area (Å²) in [5.41, 5.74) is 1.13. The maximum absolute atomic E-state index is 11.4. The van der Waals surface area contributed by atoms with Crippen molar-refractivity contribution in [3.05, 3.63) is 29.5 Å². The van der Waals surface area contributed by atoms with Crippen LogP contribution in [0.1, 0.15) is 6.92 Å². The second-order valence-corrected chi connectivity index (χ2v) is 2.83. The number of hydrogen-bond donors (Lipinski definition) is 1. The van der Waals surface area contributed by atoms with Gasteiger partial charge in [0, 0.05) is 12.6 Å². The molecule has 0 bridgehead atoms. The first-order valence-corrected chi connectivity index (χ1v) is 4.42. The Kier molecular flexibility index (Phi) is 2.14. The zero-order chi connectivity index (χ0) is 9.97. The van der Waals surface area contributed by atoms with E-state index in [1.165, 1.54) is 0 Å². The standard InChI is InChI=1S/C9H10N4O/c1-2-10-9-11-7-5-3-4-6-8(7)13(14)12-9/h3-6H,2H2,1H3,(H,10,11,12). The van der Waals surface area contributed by atoms with Crippen LogP contribution in [0.3, 0.4) is 0 Å². The van der Waals surface area contributed by atoms with Gasteiger partial charge in [-0.05, 0) is 17.8 Å². The lowest BCUT2D eigenvalue weighted by atomic mass is 10.3. The summed E-state index contributed by atoms with van der Waals surface area (Å²) in [7, 11) is 0. The topological polar surface area (TPSA) is 64.8 Å². The van der Waals surface area contributed by atoms with Crippen LogP contribution < -0.4 is 10.2 Å². The molecule has 14 heavy (non-hydrogen) atoms. The van der Waals surface area contributed by atoms with Gasteiger partial charge in [0.05, 0.1) is 5.10 Å². The Morgan fingerprint density at radius 3 is 3.00 bits per heavy atom. The van der Waals surface area contributed by atoms with E-state index >= 15 is 0 Å². The Labute approximate surface area is 81.0 Å². The van der Waals surface area contributed by atoms with Gasteiger partial charge in [0.25, 0.3) is 11.5 Å². The fourth-order valence-corrected chi connectivity index (χ4v) is 1.23. The minimum Gasteiger partial charge on any atom is -0.594 e. The molecule has 5 heteroatoms. The number of nitrogens with zero attached hydrogens (tertiary/aromatic N) is 3. The van der Waals surface area contributed by atoms with Gasteiger partial charge in [-0.15, -0.1) is 0 Å². The van der Waals surface area contributed by atoms with Crippen LogP contribution in [-0.2, 0) is 0 Å². The number of rotatable bonds is 2. The van der Waals surface area contributed by atoms with Crippen molar-refractivity contribution in [3.63, 3.8) is 0 Å². The first-order chi connectivity index (χ1) is 6.81. The zero-order valence-electron chi connectivity index (χ0n) is 7.77. The summed E-state index contributed by atoms with van der Waals surface area (Å²) in [5.74, 6) is 0.362. The van der Waals surface area contributed by atoms with Crippen LogP contribution in [-0.4, -0.2) is 16.6 Å². The van der Waals surface area contributed by atoms with E-state index in [1.54, 1.807) is 18.2 Å². The zero-order valence-corrected chi connectivity index (χ0v) is 7.77. The maximum atomic E-state index is 11.4. The molecule has 0 saturated heterocycles. The predicted molar refractivity (Wildman–Crippen MR) is 52.7 cm³/mol. The minimum absolute atomic E-state index is 0.362. The Morgan fingerprint density at radius 1 is 1.43 bits per heavy atom. The SMILES string of the molecule is CCNc1nc2ccccc2[n+]([O-])n1. The highest BCUT2D eigenvalue weighted by Crippen LogP contribution is 2.06. The first kappa shape index (κ1) is 8.68. The molecule has 0 spiro atoms. The maximum Gasteiger partial charge on any atom is 0.290 e. The molecule has 1 N–H and O–H groups in total. The number of fused-ring (bicyclic) bond motifs is 1. The van der Waals surface area contributed by atoms with Gasteiger partial charge in [-0.1, -0.05) is 12.1 Å². The molecule has 0 aliphatic rings. The largest absolute Gasteiger partial charge is 0.594 e. The minimum atomic E-state index is 0.362. The first-order valence-electron chi connectivity index (χ1n) is 4.42. The molecule has 0 aliphatic carbocycles. The molecule has 5 nitrogen and oxygen atoms in total. The van der Waals surface area contributed by atoms with Crippen molar-refractivity contribution in [2.45, 2.75) is 6.92 Å². The molecule has 2 aromatic rings. The second-order valence-electron chi connectivity index (χ2n) is 2.83. The van der Waals surface area contributed by atoms with Gasteiger partial charge in [-0.25, -0.2) is 4.98 Å². The van der Waals surface area contributed by atoms with Gasteiger partial charge < -0.3 is 10.5 Å². The fourth-order valence-electron chi connectivity index (χ4n) is 1.23. The number of hydrogen-bond acceptors (Lipinski definition) is 4. The third kappa shape index (κ3) is 1.44. The number of anilines is 1. The molecule has 0 unspecified atom stereocenters. The average Bonchev–Trinajstić information content (AvgIpc) is 2.18. The molecule has 1 aromatic carbocycles. The summed E-state index contributed by atoms with van der Waals surface area (Å²) < 4.78 is 0. The van der Waals surface area contributed by atoms with Crippen LogP contribution in [0.5, 0.6) is 0 Å². The number of nitrogens with one attached hydrogen (secondary N) is 1. The predicted octanol–water partition coefficient (Wildman–Crippen LogP) is 0.695. The van der Waals surface area contributed by atoms with E-state index < -0.39 is 0 Å². The fraction of sp³-hybridized carbons (Fsp3) is 0.222. The molecule has 1 aromatic heterocycles. The molecule has 0 amide bonds. The van der Waals surface area contributed by atoms with Crippen LogP contribution in [0.2, 0.25) is 0 Å². The summed E-state index contributed by atoms with van der Waals surface area (Å²) in [4.78, 5) is 4.77. The number of benzene rings is 1. The Bertz CT molecular complexity index is 458. The van der Waals surface area contributed by atoms with Crippen LogP contribution in [0.25, 0.3) is 11.0 Å². The quantitative estimate of drug-likeness (QED) is 0.559. The van der Waals surface area contributed by atoms with Gasteiger partial charge in [-0.3, -0.25) is 0 Å². The Balaban J connectivity index is 2.60. The Hall–Kier alpha value is -1.91. The van der Waals surface area contributed by atoms with Gasteiger partial charge in [0.2, 0.25) is 0 Å². The van der Waals surface area contributed by atoms with Gasteiger partial charge in [-0.2, -0.15) is 0 Å². The van der Waals surface area contributed by atoms with Crippen molar-refractivity contribution in [1.29, 1.82) is 0 Å². The molecular formula is C9H10N4O. The van der Waals surface area contributed by atoms with Crippen molar-refractivity contribution >= 4 is 17.0 Å². The van der Waals surface area contributed by atoms with E-state index in [4.69, 9.17) is 0 Å². The average molecular weight is 190 g/mol. The molecular weight excluding hydrogens is 180 g/mol. The lowest BCUT2D eigenvalue weighted by molar-refractivity contribution is -0.641. The summed E-state index contributed by atoms with van der Waals surface area (Å²) in [6, 6.07) is 7.10. The lowest BCUT2D eigenvalue weighted by Crippen LogP contribution is -2.33. The molecule has 1 heterocycles. The van der Waals surface area contributed by atoms with Crippen molar-refractivity contribution in [2.75, 3.05) is 11.9 Å². The van der Waals surface area contributed by atoms with E-state index in [0.717, 1.165) is 0 Å². The molecule has 2 rings (SSSR count). The van der Waals surface area contributed by atoms with Gasteiger partial charge >= 0.3 is 0 Å². The highest BCUT2D eigenvalue weighted by molar-refractivity contribution is 5.71. The van der Waals surface area contributed by atoms with Crippen molar-refractivity contribution in [2.24, 2.45) is 0 Å². The summed E-state index contributed by atoms with van der Waals surface area (Å²) >= 11 is 0. The molecule has 0 aliphatic heterocycles. The van der Waals surface area contributed by atoms with E-state index in [-0.39, 0.29) is 0 Å². The smallest absolute Gasteiger partial charge is 0.290 e. The van der Waals surface area contributed by atoms with E-state index in [1.807, 2.05) is 13.0 Å². The summed E-state index contributed by atoms with van der Waals surface area (Å²) in [6.07, 6.45) is 0. The highest BCUT2D eigenvalue weighted by atomic mass is 16.5. The van der Waals surface area contributed by atoms with Crippen molar-refractivity contribution in [1.82, 2.24) is 10.1 Å². The monoisotopic (exact) mass is 190 g/mol. The summed E-state index contributed by atoms with van der Waals surface area (Å²) in [6.45, 7) is 2.62. The van der Waals surface area contributed by atoms with Crippen molar-refractivity contribution in [3.8, 4) is 0 Å². The van der Waals surface area contributed by atoms with E-state index in [0.29, 0.717) is 28.4 Å². The molecule has 0 radical (unpaired) electrons. The number of aromatic nitrogens is 3. The number of para-hydroxylation sites is 2.